The van der Waals surface area contributed by atoms with Gasteiger partial charge in [0.25, 0.3) is 0 Å². The minimum absolute atomic E-state index is 0.0787. The zero-order valence-corrected chi connectivity index (χ0v) is 35.3. The molecule has 0 aromatic rings. The molecule has 0 bridgehead atoms. The first-order valence-electron chi connectivity index (χ1n) is 21.0. The summed E-state index contributed by atoms with van der Waals surface area (Å²) in [5.41, 5.74) is 5.32. The Morgan fingerprint density at radius 1 is 0.571 bits per heavy atom. The second-order valence-corrected chi connectivity index (χ2v) is 15.2. The number of hydrogen-bond acceptors (Lipinski definition) is 9. The van der Waals surface area contributed by atoms with Crippen LogP contribution >= 0.6 is 7.82 Å². The molecule has 0 aliphatic rings. The van der Waals surface area contributed by atoms with Gasteiger partial charge in [-0.3, -0.25) is 23.4 Å². The molecule has 0 saturated heterocycles. The van der Waals surface area contributed by atoms with E-state index in [1.54, 1.807) is 0 Å². The van der Waals surface area contributed by atoms with Gasteiger partial charge in [0.15, 0.2) is 6.10 Å². The number of aliphatic carboxylic acids is 1. The van der Waals surface area contributed by atoms with Gasteiger partial charge in [-0.1, -0.05) is 138 Å². The summed E-state index contributed by atoms with van der Waals surface area (Å²) in [5, 5.41) is 8.88. The molecule has 0 radical (unpaired) electrons. The van der Waals surface area contributed by atoms with E-state index in [2.05, 4.69) is 79.1 Å². The molecule has 0 rings (SSSR count). The molecule has 0 aromatic heterocycles. The third kappa shape index (κ3) is 37.8. The topological polar surface area (TPSA) is 172 Å². The highest BCUT2D eigenvalue weighted by molar-refractivity contribution is 7.47. The van der Waals surface area contributed by atoms with E-state index in [0.29, 0.717) is 19.3 Å². The van der Waals surface area contributed by atoms with Crippen molar-refractivity contribution in [2.45, 2.75) is 167 Å². The average molecular weight is 808 g/mol. The van der Waals surface area contributed by atoms with Gasteiger partial charge in [0.05, 0.1) is 13.2 Å². The van der Waals surface area contributed by atoms with Crippen molar-refractivity contribution >= 4 is 25.7 Å². The van der Waals surface area contributed by atoms with E-state index in [1.807, 2.05) is 12.2 Å². The summed E-state index contributed by atoms with van der Waals surface area (Å²) in [6.45, 7) is 2.60. The van der Waals surface area contributed by atoms with Crippen molar-refractivity contribution in [3.05, 3.63) is 72.9 Å². The molecular weight excluding hydrogens is 733 g/mol. The van der Waals surface area contributed by atoms with Gasteiger partial charge in [-0.2, -0.15) is 0 Å². The number of carboxylic acid groups (broad SMARTS) is 1. The van der Waals surface area contributed by atoms with Gasteiger partial charge in [-0.05, 0) is 77.0 Å². The predicted molar refractivity (Wildman–Crippen MR) is 226 cm³/mol. The van der Waals surface area contributed by atoms with E-state index in [1.165, 1.54) is 51.4 Å². The highest BCUT2D eigenvalue weighted by Gasteiger charge is 2.28. The Hall–Kier alpha value is -3.08. The van der Waals surface area contributed by atoms with Crippen molar-refractivity contribution in [3.63, 3.8) is 0 Å². The fraction of sp³-hybridized carbons (Fsp3) is 0.659. The van der Waals surface area contributed by atoms with Gasteiger partial charge in [-0.15, -0.1) is 0 Å². The summed E-state index contributed by atoms with van der Waals surface area (Å²) in [4.78, 5) is 45.9. The van der Waals surface area contributed by atoms with Gasteiger partial charge < -0.3 is 25.2 Å². The van der Waals surface area contributed by atoms with Crippen molar-refractivity contribution in [2.24, 2.45) is 5.73 Å². The Bertz CT molecular complexity index is 1230. The molecular formula is C44H74NO10P. The van der Waals surface area contributed by atoms with Crippen LogP contribution < -0.4 is 5.73 Å². The maximum absolute atomic E-state index is 12.6. The van der Waals surface area contributed by atoms with E-state index in [9.17, 15) is 23.8 Å². The minimum atomic E-state index is -4.73. The molecule has 12 heteroatoms. The summed E-state index contributed by atoms with van der Waals surface area (Å²) in [6.07, 6.45) is 45.4. The van der Waals surface area contributed by atoms with Crippen molar-refractivity contribution in [3.8, 4) is 0 Å². The van der Waals surface area contributed by atoms with Crippen LogP contribution in [-0.2, 0) is 37.5 Å². The molecule has 11 nitrogen and oxygen atoms in total. The van der Waals surface area contributed by atoms with Gasteiger partial charge in [0.2, 0.25) is 0 Å². The average Bonchev–Trinajstić information content (AvgIpc) is 3.17. The van der Waals surface area contributed by atoms with Crippen LogP contribution in [0, 0.1) is 0 Å². The molecule has 56 heavy (non-hydrogen) atoms. The van der Waals surface area contributed by atoms with Crippen LogP contribution in [0.3, 0.4) is 0 Å². The number of esters is 2. The molecule has 0 aliphatic carbocycles. The van der Waals surface area contributed by atoms with Crippen molar-refractivity contribution in [2.75, 3.05) is 19.8 Å². The lowest BCUT2D eigenvalue weighted by atomic mass is 10.1. The molecule has 4 N–H and O–H groups in total. The summed E-state index contributed by atoms with van der Waals surface area (Å²) < 4.78 is 32.6. The molecule has 0 aromatic carbocycles. The van der Waals surface area contributed by atoms with Crippen LogP contribution in [0.15, 0.2) is 72.9 Å². The van der Waals surface area contributed by atoms with Crippen LogP contribution in [0.25, 0.3) is 0 Å². The zero-order valence-electron chi connectivity index (χ0n) is 34.4. The van der Waals surface area contributed by atoms with E-state index in [-0.39, 0.29) is 19.4 Å². The number of rotatable bonds is 38. The van der Waals surface area contributed by atoms with Crippen LogP contribution in [0.4, 0.5) is 0 Å². The number of unbranched alkanes of at least 4 members (excludes halogenated alkanes) is 12. The van der Waals surface area contributed by atoms with Gasteiger partial charge in [0, 0.05) is 12.8 Å². The van der Waals surface area contributed by atoms with Gasteiger partial charge in [-0.25, -0.2) is 4.57 Å². The standard InChI is InChI=1S/C44H74NO10P/c1-3-5-7-9-11-13-15-17-19-20-22-24-26-28-30-32-34-36-43(47)55-40(38-53-56(50,51)54-39-41(45)44(48)49)37-52-42(46)35-33-31-29-27-25-23-21-18-16-14-12-10-8-6-4-2/h5,7,11,13-14,16-17,19,22,24,28,30,40-41H,3-4,6,8-10,12,15,18,20-21,23,25-27,29,31-39,45H2,1-2H3,(H,48,49)(H,50,51)/b7-5+,13-11+,16-14+,19-17+,24-22+,30-28+/t40-,41+/m1/s1. The Balaban J connectivity index is 4.51. The lowest BCUT2D eigenvalue weighted by Crippen LogP contribution is -2.34. The van der Waals surface area contributed by atoms with Crippen LogP contribution in [0.1, 0.15) is 155 Å². The number of carbonyl (C=O) groups is 3. The predicted octanol–water partition coefficient (Wildman–Crippen LogP) is 10.9. The van der Waals surface area contributed by atoms with Gasteiger partial charge in [0.1, 0.15) is 12.6 Å². The molecule has 3 atom stereocenters. The number of nitrogens with two attached hydrogens (primary N) is 1. The number of carbonyl (C=O) groups excluding carboxylic acids is 2. The van der Waals surface area contributed by atoms with E-state index in [0.717, 1.165) is 57.8 Å². The number of ether oxygens (including phenoxy) is 2. The summed E-state index contributed by atoms with van der Waals surface area (Å²) >= 11 is 0. The Kier molecular flexibility index (Phi) is 36.6. The summed E-state index contributed by atoms with van der Waals surface area (Å²) in [6, 6.07) is -1.53. The Labute approximate surface area is 338 Å². The smallest absolute Gasteiger partial charge is 0.472 e. The maximum atomic E-state index is 12.6. The monoisotopic (exact) mass is 808 g/mol. The SMILES string of the molecule is CC/C=C/C/C=C/C/C=C/C/C=C/C/C=C/CCCC(=O)O[C@H](COC(=O)CCCCCCCCC/C=C/CCCCCC)COP(=O)(O)OC[C@H](N)C(=O)O. The maximum Gasteiger partial charge on any atom is 0.472 e. The Morgan fingerprint density at radius 2 is 1.02 bits per heavy atom. The molecule has 0 aliphatic heterocycles. The largest absolute Gasteiger partial charge is 0.480 e. The molecule has 0 amide bonds. The molecule has 0 fully saturated rings. The molecule has 1 unspecified atom stereocenters. The van der Waals surface area contributed by atoms with Crippen molar-refractivity contribution in [1.29, 1.82) is 0 Å². The third-order valence-electron chi connectivity index (χ3n) is 8.44. The quantitative estimate of drug-likeness (QED) is 0.0235. The van der Waals surface area contributed by atoms with E-state index in [4.69, 9.17) is 24.8 Å². The molecule has 0 saturated carbocycles. The summed E-state index contributed by atoms with van der Waals surface area (Å²) in [7, 11) is -4.73. The fourth-order valence-electron chi connectivity index (χ4n) is 5.15. The molecule has 0 heterocycles. The Morgan fingerprint density at radius 3 is 1.57 bits per heavy atom. The molecule has 320 valence electrons. The van der Waals surface area contributed by atoms with Gasteiger partial charge >= 0.3 is 25.7 Å². The number of phosphoric acid groups is 1. The van der Waals surface area contributed by atoms with Crippen LogP contribution in [0.2, 0.25) is 0 Å². The second-order valence-electron chi connectivity index (χ2n) is 13.7. The summed E-state index contributed by atoms with van der Waals surface area (Å²) in [5.74, 6) is -2.47. The lowest BCUT2D eigenvalue weighted by molar-refractivity contribution is -0.161. The number of hydrogen-bond donors (Lipinski definition) is 3. The number of carboxylic acids is 1. The number of allylic oxidation sites excluding steroid dienone is 12. The first-order valence-corrected chi connectivity index (χ1v) is 22.5. The normalized spacial score (nSPS) is 14.5. The van der Waals surface area contributed by atoms with E-state index >= 15 is 0 Å². The molecule has 0 spiro atoms. The second kappa shape index (κ2) is 38.8. The lowest BCUT2D eigenvalue weighted by Gasteiger charge is -2.20. The first-order chi connectivity index (χ1) is 27.1. The third-order valence-corrected chi connectivity index (χ3v) is 9.39. The van der Waals surface area contributed by atoms with Crippen molar-refractivity contribution < 1.29 is 47.5 Å². The first kappa shape index (κ1) is 52.9. The zero-order chi connectivity index (χ0) is 41.4. The van der Waals surface area contributed by atoms with Crippen LogP contribution in [0.5, 0.6) is 0 Å². The van der Waals surface area contributed by atoms with Crippen LogP contribution in [-0.4, -0.2) is 59.9 Å². The van der Waals surface area contributed by atoms with Crippen molar-refractivity contribution in [1.82, 2.24) is 0 Å². The fourth-order valence-corrected chi connectivity index (χ4v) is 5.93. The van der Waals surface area contributed by atoms with E-state index < -0.39 is 51.1 Å². The highest BCUT2D eigenvalue weighted by atomic mass is 31.2. The minimum Gasteiger partial charge on any atom is -0.480 e. The highest BCUT2D eigenvalue weighted by Crippen LogP contribution is 2.43. The number of phosphoric ester groups is 1.